The van der Waals surface area contributed by atoms with Crippen LogP contribution in [0.15, 0.2) is 35.3 Å². The largest absolute Gasteiger partial charge is 0.464 e. The number of nitrogens with zero attached hydrogens (tertiary/aromatic N) is 1. The zero-order valence-corrected chi connectivity index (χ0v) is 11.1. The Balaban J connectivity index is 2.56. The molecule has 0 fully saturated rings. The Labute approximate surface area is 109 Å². The molecule has 3 heteroatoms. The predicted molar refractivity (Wildman–Crippen MR) is 74.0 cm³/mol. The molecular weight excluding hydrogens is 226 g/mol. The van der Waals surface area contributed by atoms with Crippen molar-refractivity contribution in [2.75, 3.05) is 6.61 Å². The number of esters is 1. The number of unbranched alkanes of at least 4 members (excludes halogenated alkanes) is 1. The number of rotatable bonds is 7. The minimum Gasteiger partial charge on any atom is -0.464 e. The zero-order valence-electron chi connectivity index (χ0n) is 11.1. The predicted octanol–water partition coefficient (Wildman–Crippen LogP) is 3.03. The summed E-state index contributed by atoms with van der Waals surface area (Å²) in [7, 11) is 0. The lowest BCUT2D eigenvalue weighted by Gasteiger charge is -2.12. The monoisotopic (exact) mass is 247 g/mol. The summed E-state index contributed by atoms with van der Waals surface area (Å²) in [4.78, 5) is 16.1. The summed E-state index contributed by atoms with van der Waals surface area (Å²) in [5.41, 5.74) is 1.10. The van der Waals surface area contributed by atoms with Gasteiger partial charge in [0.2, 0.25) is 0 Å². The maximum atomic E-state index is 11.9. The molecule has 3 nitrogen and oxygen atoms in total. The van der Waals surface area contributed by atoms with E-state index in [1.54, 1.807) is 6.21 Å². The quantitative estimate of drug-likeness (QED) is 0.422. The molecule has 0 saturated heterocycles. The first-order valence-corrected chi connectivity index (χ1v) is 6.46. The molecule has 0 radical (unpaired) electrons. The fourth-order valence-corrected chi connectivity index (χ4v) is 1.63. The smallest absolute Gasteiger partial charge is 0.331 e. The molecule has 0 heterocycles. The summed E-state index contributed by atoms with van der Waals surface area (Å²) in [6, 6.07) is 9.46. The first-order chi connectivity index (χ1) is 8.77. The van der Waals surface area contributed by atoms with Crippen LogP contribution in [0.2, 0.25) is 0 Å². The Bertz CT molecular complexity index is 373. The topological polar surface area (TPSA) is 38.7 Å². The van der Waals surface area contributed by atoms with E-state index in [0.717, 1.165) is 18.4 Å². The summed E-state index contributed by atoms with van der Waals surface area (Å²) in [5, 5.41) is 0. The van der Waals surface area contributed by atoms with Crippen LogP contribution in [0.1, 0.15) is 32.3 Å². The Morgan fingerprint density at radius 3 is 2.72 bits per heavy atom. The van der Waals surface area contributed by atoms with Gasteiger partial charge in [-0.1, -0.05) is 43.7 Å². The number of hydrogen-bond donors (Lipinski definition) is 0. The molecule has 0 N–H and O–H groups in total. The second-order valence-electron chi connectivity index (χ2n) is 4.13. The SMILES string of the molecule is CC=NC(Cc1ccccc1)C(=O)OCCCC. The Kier molecular flexibility index (Phi) is 6.77. The molecule has 1 unspecified atom stereocenters. The maximum absolute atomic E-state index is 11.9. The molecular formula is C15H21NO2. The van der Waals surface area contributed by atoms with Crippen LogP contribution in [0, 0.1) is 0 Å². The highest BCUT2D eigenvalue weighted by Gasteiger charge is 2.18. The van der Waals surface area contributed by atoms with Crippen LogP contribution in [-0.4, -0.2) is 24.8 Å². The molecule has 0 bridgehead atoms. The third kappa shape index (κ3) is 5.13. The maximum Gasteiger partial charge on any atom is 0.331 e. The molecule has 1 atom stereocenters. The van der Waals surface area contributed by atoms with Crippen molar-refractivity contribution in [2.45, 2.75) is 39.2 Å². The lowest BCUT2D eigenvalue weighted by molar-refractivity contribution is -0.145. The van der Waals surface area contributed by atoms with E-state index >= 15 is 0 Å². The van der Waals surface area contributed by atoms with Crippen molar-refractivity contribution in [3.05, 3.63) is 35.9 Å². The van der Waals surface area contributed by atoms with Gasteiger partial charge in [0.15, 0.2) is 6.04 Å². The molecule has 0 saturated carbocycles. The van der Waals surface area contributed by atoms with Crippen molar-refractivity contribution in [3.63, 3.8) is 0 Å². The van der Waals surface area contributed by atoms with Crippen molar-refractivity contribution >= 4 is 12.2 Å². The van der Waals surface area contributed by atoms with Crippen LogP contribution < -0.4 is 0 Å². The molecule has 0 spiro atoms. The van der Waals surface area contributed by atoms with Crippen LogP contribution in [0.4, 0.5) is 0 Å². The van der Waals surface area contributed by atoms with Gasteiger partial charge in [-0.05, 0) is 25.1 Å². The van der Waals surface area contributed by atoms with Crippen molar-refractivity contribution in [1.82, 2.24) is 0 Å². The normalized spacial score (nSPS) is 12.6. The Morgan fingerprint density at radius 1 is 1.39 bits per heavy atom. The number of ether oxygens (including phenoxy) is 1. The van der Waals surface area contributed by atoms with Crippen molar-refractivity contribution in [2.24, 2.45) is 4.99 Å². The molecule has 0 aromatic heterocycles. The lowest BCUT2D eigenvalue weighted by Crippen LogP contribution is -2.24. The minimum absolute atomic E-state index is 0.231. The molecule has 0 aliphatic carbocycles. The highest BCUT2D eigenvalue weighted by Crippen LogP contribution is 2.08. The van der Waals surface area contributed by atoms with E-state index in [-0.39, 0.29) is 5.97 Å². The zero-order chi connectivity index (χ0) is 13.2. The van der Waals surface area contributed by atoms with Crippen LogP contribution >= 0.6 is 0 Å². The highest BCUT2D eigenvalue weighted by molar-refractivity contribution is 5.78. The molecule has 0 amide bonds. The molecule has 1 aromatic carbocycles. The summed E-state index contributed by atoms with van der Waals surface area (Å²) >= 11 is 0. The Morgan fingerprint density at radius 2 is 2.11 bits per heavy atom. The average molecular weight is 247 g/mol. The van der Waals surface area contributed by atoms with Crippen LogP contribution in [0.3, 0.4) is 0 Å². The first-order valence-electron chi connectivity index (χ1n) is 6.46. The second kappa shape index (κ2) is 8.45. The van der Waals surface area contributed by atoms with E-state index in [0.29, 0.717) is 13.0 Å². The van der Waals surface area contributed by atoms with Crippen molar-refractivity contribution in [1.29, 1.82) is 0 Å². The molecule has 98 valence electrons. The number of aliphatic imine (C=N–C) groups is 1. The number of carbonyl (C=O) groups excluding carboxylic acids is 1. The van der Waals surface area contributed by atoms with Gasteiger partial charge in [-0.3, -0.25) is 4.99 Å². The highest BCUT2D eigenvalue weighted by atomic mass is 16.5. The van der Waals surface area contributed by atoms with E-state index in [1.165, 1.54) is 0 Å². The van der Waals surface area contributed by atoms with Gasteiger partial charge in [0.1, 0.15) is 0 Å². The number of hydrogen-bond acceptors (Lipinski definition) is 3. The molecule has 0 aliphatic heterocycles. The molecule has 1 aromatic rings. The van der Waals surface area contributed by atoms with Crippen molar-refractivity contribution in [3.8, 4) is 0 Å². The number of benzene rings is 1. The fourth-order valence-electron chi connectivity index (χ4n) is 1.63. The van der Waals surface area contributed by atoms with Gasteiger partial charge in [0, 0.05) is 6.42 Å². The lowest BCUT2D eigenvalue weighted by atomic mass is 10.1. The molecule has 1 rings (SSSR count). The summed E-state index contributed by atoms with van der Waals surface area (Å²) in [6.45, 7) is 4.37. The third-order valence-corrected chi connectivity index (χ3v) is 2.62. The van der Waals surface area contributed by atoms with Gasteiger partial charge in [0.05, 0.1) is 6.61 Å². The minimum atomic E-state index is -0.422. The van der Waals surface area contributed by atoms with E-state index in [1.807, 2.05) is 37.3 Å². The van der Waals surface area contributed by atoms with E-state index in [9.17, 15) is 4.79 Å². The van der Waals surface area contributed by atoms with Crippen LogP contribution in [0.5, 0.6) is 0 Å². The summed E-state index contributed by atoms with van der Waals surface area (Å²) in [5.74, 6) is -0.231. The van der Waals surface area contributed by atoms with Gasteiger partial charge in [-0.2, -0.15) is 0 Å². The van der Waals surface area contributed by atoms with Crippen LogP contribution in [0.25, 0.3) is 0 Å². The standard InChI is InChI=1S/C15H21NO2/c1-3-5-11-18-15(17)14(16-4-2)12-13-9-7-6-8-10-13/h4,6-10,14H,3,5,11-12H2,1-2H3. The Hall–Kier alpha value is -1.64. The fraction of sp³-hybridized carbons (Fsp3) is 0.467. The van der Waals surface area contributed by atoms with Gasteiger partial charge in [-0.15, -0.1) is 0 Å². The summed E-state index contributed by atoms with van der Waals surface area (Å²) in [6.07, 6.45) is 4.18. The molecule has 0 aliphatic rings. The van der Waals surface area contributed by atoms with Gasteiger partial charge in [0.25, 0.3) is 0 Å². The van der Waals surface area contributed by atoms with Gasteiger partial charge < -0.3 is 4.74 Å². The third-order valence-electron chi connectivity index (χ3n) is 2.62. The van der Waals surface area contributed by atoms with Crippen LogP contribution in [-0.2, 0) is 16.0 Å². The first kappa shape index (κ1) is 14.4. The van der Waals surface area contributed by atoms with E-state index < -0.39 is 6.04 Å². The number of carbonyl (C=O) groups is 1. The second-order valence-corrected chi connectivity index (χ2v) is 4.13. The van der Waals surface area contributed by atoms with Gasteiger partial charge >= 0.3 is 5.97 Å². The van der Waals surface area contributed by atoms with E-state index in [2.05, 4.69) is 11.9 Å². The van der Waals surface area contributed by atoms with Crippen molar-refractivity contribution < 1.29 is 9.53 Å². The summed E-state index contributed by atoms with van der Waals surface area (Å²) < 4.78 is 5.22. The van der Waals surface area contributed by atoms with E-state index in [4.69, 9.17) is 4.74 Å². The molecule has 18 heavy (non-hydrogen) atoms. The van der Waals surface area contributed by atoms with Gasteiger partial charge in [-0.25, -0.2) is 4.79 Å². The average Bonchev–Trinajstić information content (AvgIpc) is 2.39.